The highest BCUT2D eigenvalue weighted by Gasteiger charge is 2.14. The molecular weight excluding hydrogens is 200 g/mol. The average Bonchev–Trinajstić information content (AvgIpc) is 2.22. The van der Waals surface area contributed by atoms with E-state index in [1.165, 1.54) is 11.6 Å². The van der Waals surface area contributed by atoms with Crippen LogP contribution in [0.3, 0.4) is 0 Å². The first-order chi connectivity index (χ1) is 7.39. The molecular formula is C14H16O2. The second kappa shape index (κ2) is 3.41. The highest BCUT2D eigenvalue weighted by atomic mass is 16.3. The molecule has 2 N–H and O–H groups in total. The van der Waals surface area contributed by atoms with Gasteiger partial charge in [0.05, 0.1) is 0 Å². The molecule has 0 saturated carbocycles. The van der Waals surface area contributed by atoms with Crippen molar-refractivity contribution in [1.29, 1.82) is 0 Å². The predicted octanol–water partition coefficient (Wildman–Crippen LogP) is 3.55. The van der Waals surface area contributed by atoms with Gasteiger partial charge in [0.2, 0.25) is 0 Å². The van der Waals surface area contributed by atoms with Crippen molar-refractivity contribution >= 4 is 10.8 Å². The number of fused-ring (bicyclic) bond motifs is 1. The van der Waals surface area contributed by atoms with E-state index in [1.54, 1.807) is 0 Å². The van der Waals surface area contributed by atoms with Gasteiger partial charge >= 0.3 is 0 Å². The van der Waals surface area contributed by atoms with Gasteiger partial charge in [-0.2, -0.15) is 0 Å². The van der Waals surface area contributed by atoms with Crippen molar-refractivity contribution in [3.63, 3.8) is 0 Å². The van der Waals surface area contributed by atoms with E-state index < -0.39 is 0 Å². The molecule has 2 heteroatoms. The number of aromatic hydroxyl groups is 2. The Labute approximate surface area is 95.2 Å². The third-order valence-corrected chi connectivity index (χ3v) is 2.84. The first kappa shape index (κ1) is 10.8. The van der Waals surface area contributed by atoms with E-state index >= 15 is 0 Å². The van der Waals surface area contributed by atoms with Crippen molar-refractivity contribution in [3.8, 4) is 11.5 Å². The van der Waals surface area contributed by atoms with Crippen LogP contribution in [-0.4, -0.2) is 10.2 Å². The van der Waals surface area contributed by atoms with Crippen LogP contribution in [0.15, 0.2) is 30.3 Å². The zero-order valence-electron chi connectivity index (χ0n) is 9.78. The van der Waals surface area contributed by atoms with Crippen molar-refractivity contribution in [3.05, 3.63) is 35.9 Å². The summed E-state index contributed by atoms with van der Waals surface area (Å²) in [6.45, 7) is 6.44. The van der Waals surface area contributed by atoms with Crippen molar-refractivity contribution in [2.24, 2.45) is 0 Å². The number of benzene rings is 2. The van der Waals surface area contributed by atoms with Crippen LogP contribution in [0, 0.1) is 0 Å². The Kier molecular flexibility index (Phi) is 2.30. The molecule has 0 aliphatic carbocycles. The number of hydrogen-bond donors (Lipinski definition) is 2. The maximum Gasteiger partial charge on any atom is 0.165 e. The molecule has 0 fully saturated rings. The number of hydrogen-bond acceptors (Lipinski definition) is 2. The van der Waals surface area contributed by atoms with Gasteiger partial charge in [0.1, 0.15) is 0 Å². The Morgan fingerprint density at radius 2 is 1.62 bits per heavy atom. The molecule has 0 aromatic heterocycles. The fourth-order valence-electron chi connectivity index (χ4n) is 1.77. The van der Waals surface area contributed by atoms with Gasteiger partial charge in [0.15, 0.2) is 11.5 Å². The standard InChI is InChI=1S/C14H16O2/c1-14(2,3)10-5-6-11-9(8-10)4-7-12(15)13(11)16/h4-8,15-16H,1-3H3. The van der Waals surface area contributed by atoms with Crippen molar-refractivity contribution in [2.45, 2.75) is 26.2 Å². The first-order valence-electron chi connectivity index (χ1n) is 5.35. The molecule has 2 aromatic carbocycles. The quantitative estimate of drug-likeness (QED) is 0.661. The second-order valence-corrected chi connectivity index (χ2v) is 5.12. The third-order valence-electron chi connectivity index (χ3n) is 2.84. The van der Waals surface area contributed by atoms with E-state index in [0.717, 1.165) is 5.39 Å². The van der Waals surface area contributed by atoms with Gasteiger partial charge in [-0.25, -0.2) is 0 Å². The van der Waals surface area contributed by atoms with E-state index in [4.69, 9.17) is 0 Å². The molecule has 84 valence electrons. The Hall–Kier alpha value is -1.70. The van der Waals surface area contributed by atoms with E-state index in [-0.39, 0.29) is 16.9 Å². The molecule has 0 atom stereocenters. The summed E-state index contributed by atoms with van der Waals surface area (Å²) in [5.74, 6) is -0.117. The Bertz CT molecular complexity index is 536. The molecule has 2 rings (SSSR count). The Morgan fingerprint density at radius 1 is 0.938 bits per heavy atom. The lowest BCUT2D eigenvalue weighted by molar-refractivity contribution is 0.408. The van der Waals surface area contributed by atoms with Crippen LogP contribution >= 0.6 is 0 Å². The maximum absolute atomic E-state index is 9.70. The predicted molar refractivity (Wildman–Crippen MR) is 66.0 cm³/mol. The lowest BCUT2D eigenvalue weighted by Gasteiger charge is -2.19. The molecule has 0 spiro atoms. The SMILES string of the molecule is CC(C)(C)c1ccc2c(O)c(O)ccc2c1. The van der Waals surface area contributed by atoms with Crippen molar-refractivity contribution < 1.29 is 10.2 Å². The monoisotopic (exact) mass is 216 g/mol. The highest BCUT2D eigenvalue weighted by molar-refractivity contribution is 5.90. The molecule has 0 heterocycles. The number of phenols is 2. The van der Waals surface area contributed by atoms with Gasteiger partial charge in [-0.15, -0.1) is 0 Å². The lowest BCUT2D eigenvalue weighted by Crippen LogP contribution is -2.10. The minimum atomic E-state index is -0.0731. The fraction of sp³-hybridized carbons (Fsp3) is 0.286. The molecule has 0 bridgehead atoms. The topological polar surface area (TPSA) is 40.5 Å². The smallest absolute Gasteiger partial charge is 0.165 e. The van der Waals surface area contributed by atoms with E-state index in [1.807, 2.05) is 18.2 Å². The van der Waals surface area contributed by atoms with Crippen molar-refractivity contribution in [1.82, 2.24) is 0 Å². The molecule has 2 nitrogen and oxygen atoms in total. The second-order valence-electron chi connectivity index (χ2n) is 5.12. The van der Waals surface area contributed by atoms with Crippen LogP contribution in [0.25, 0.3) is 10.8 Å². The van der Waals surface area contributed by atoms with Gasteiger partial charge in [0, 0.05) is 5.39 Å². The molecule has 0 saturated heterocycles. The zero-order valence-corrected chi connectivity index (χ0v) is 9.78. The Morgan fingerprint density at radius 3 is 2.25 bits per heavy atom. The van der Waals surface area contributed by atoms with E-state index in [0.29, 0.717) is 5.39 Å². The number of rotatable bonds is 0. The minimum Gasteiger partial charge on any atom is -0.504 e. The average molecular weight is 216 g/mol. The van der Waals surface area contributed by atoms with Crippen molar-refractivity contribution in [2.75, 3.05) is 0 Å². The fourth-order valence-corrected chi connectivity index (χ4v) is 1.77. The molecule has 0 unspecified atom stereocenters. The van der Waals surface area contributed by atoms with Gasteiger partial charge < -0.3 is 10.2 Å². The van der Waals surface area contributed by atoms with Gasteiger partial charge in [-0.1, -0.05) is 45.0 Å². The summed E-state index contributed by atoms with van der Waals surface area (Å²) in [5.41, 5.74) is 1.30. The normalized spacial score (nSPS) is 11.9. The molecule has 2 aromatic rings. The summed E-state index contributed by atoms with van der Waals surface area (Å²) in [7, 11) is 0. The lowest BCUT2D eigenvalue weighted by atomic mass is 9.86. The van der Waals surface area contributed by atoms with Crippen LogP contribution in [-0.2, 0) is 5.41 Å². The molecule has 0 amide bonds. The van der Waals surface area contributed by atoms with E-state index in [9.17, 15) is 10.2 Å². The van der Waals surface area contributed by atoms with E-state index in [2.05, 4.69) is 26.8 Å². The van der Waals surface area contributed by atoms with Crippen LogP contribution in [0.5, 0.6) is 11.5 Å². The van der Waals surface area contributed by atoms with Gasteiger partial charge in [-0.3, -0.25) is 0 Å². The highest BCUT2D eigenvalue weighted by Crippen LogP contribution is 2.35. The van der Waals surface area contributed by atoms with Gasteiger partial charge in [0.25, 0.3) is 0 Å². The summed E-state index contributed by atoms with van der Waals surface area (Å²) in [6, 6.07) is 9.23. The summed E-state index contributed by atoms with van der Waals surface area (Å²) in [4.78, 5) is 0. The summed E-state index contributed by atoms with van der Waals surface area (Å²) < 4.78 is 0. The van der Waals surface area contributed by atoms with Crippen LogP contribution < -0.4 is 0 Å². The van der Waals surface area contributed by atoms with Crippen LogP contribution in [0.4, 0.5) is 0 Å². The summed E-state index contributed by atoms with van der Waals surface area (Å²) in [6.07, 6.45) is 0. The molecule has 0 aliphatic rings. The molecule has 16 heavy (non-hydrogen) atoms. The number of phenolic OH excluding ortho intramolecular Hbond substituents is 2. The zero-order chi connectivity index (χ0) is 11.9. The summed E-state index contributed by atoms with van der Waals surface area (Å²) >= 11 is 0. The molecule has 0 radical (unpaired) electrons. The van der Waals surface area contributed by atoms with Gasteiger partial charge in [-0.05, 0) is 22.4 Å². The summed E-state index contributed by atoms with van der Waals surface area (Å²) in [5, 5.41) is 20.7. The largest absolute Gasteiger partial charge is 0.504 e. The maximum atomic E-state index is 9.70. The third kappa shape index (κ3) is 1.71. The Balaban J connectivity index is 2.70. The minimum absolute atomic E-state index is 0.0436. The van der Waals surface area contributed by atoms with Crippen LogP contribution in [0.1, 0.15) is 26.3 Å². The molecule has 0 aliphatic heterocycles. The first-order valence-corrected chi connectivity index (χ1v) is 5.35. The van der Waals surface area contributed by atoms with Crippen LogP contribution in [0.2, 0.25) is 0 Å².